The van der Waals surface area contributed by atoms with Crippen molar-refractivity contribution in [2.45, 2.75) is 25.7 Å². The molecule has 0 radical (unpaired) electrons. The lowest BCUT2D eigenvalue weighted by atomic mass is 10.1. The lowest BCUT2D eigenvalue weighted by Crippen LogP contribution is -2.48. The largest absolute Gasteiger partial charge is 0.326 e. The number of nitrogens with zero attached hydrogens (tertiary/aromatic N) is 1. The first kappa shape index (κ1) is 8.72. The highest BCUT2D eigenvalue weighted by atomic mass is 16.1. The van der Waals surface area contributed by atoms with E-state index in [4.69, 9.17) is 0 Å². The van der Waals surface area contributed by atoms with Crippen LogP contribution in [0.2, 0.25) is 0 Å². The molecule has 0 aliphatic carbocycles. The quantitative estimate of drug-likeness (QED) is 0.443. The summed E-state index contributed by atoms with van der Waals surface area (Å²) in [4.78, 5) is 10.2. The van der Waals surface area contributed by atoms with Gasteiger partial charge in [-0.3, -0.25) is 0 Å². The van der Waals surface area contributed by atoms with Gasteiger partial charge in [-0.25, -0.2) is 0 Å². The Balaban J connectivity index is 2.30. The van der Waals surface area contributed by atoms with Gasteiger partial charge in [0, 0.05) is 0 Å². The Morgan fingerprint density at radius 2 is 1.91 bits per heavy atom. The number of rotatable bonds is 3. The zero-order chi connectivity index (χ0) is 8.16. The first-order valence-corrected chi connectivity index (χ1v) is 4.54. The van der Waals surface area contributed by atoms with Crippen LogP contribution in [-0.2, 0) is 4.79 Å². The molecule has 64 valence electrons. The van der Waals surface area contributed by atoms with Crippen LogP contribution < -0.4 is 0 Å². The lowest BCUT2D eigenvalue weighted by Gasteiger charge is -2.37. The Kier molecular flexibility index (Phi) is 3.06. The second-order valence-corrected chi connectivity index (χ2v) is 3.81. The Bertz CT molecular complexity index is 128. The van der Waals surface area contributed by atoms with E-state index in [2.05, 4.69) is 7.05 Å². The van der Waals surface area contributed by atoms with Crippen LogP contribution in [0, 0.1) is 0 Å². The second-order valence-electron chi connectivity index (χ2n) is 3.81. The molecule has 0 aromatic heterocycles. The molecule has 1 fully saturated rings. The number of carbonyl (C=O) groups is 1. The third-order valence-electron chi connectivity index (χ3n) is 2.68. The summed E-state index contributed by atoms with van der Waals surface area (Å²) in [6, 6.07) is 0. The summed E-state index contributed by atoms with van der Waals surface area (Å²) in [6.45, 7) is 3.59. The van der Waals surface area contributed by atoms with Crippen LogP contribution in [0.15, 0.2) is 0 Å². The third kappa shape index (κ3) is 2.62. The topological polar surface area (TPSA) is 17.1 Å². The van der Waals surface area contributed by atoms with E-state index in [1.807, 2.05) is 0 Å². The molecule has 1 aliphatic rings. The summed E-state index contributed by atoms with van der Waals surface area (Å²) >= 11 is 0. The van der Waals surface area contributed by atoms with Crippen molar-refractivity contribution in [3.05, 3.63) is 0 Å². The molecule has 2 nitrogen and oxygen atoms in total. The standard InChI is InChI=1S/C9H18NO/c1-10(8-5-9-11)6-3-2-4-7-10/h9H,2-8H2,1H3/q+1. The summed E-state index contributed by atoms with van der Waals surface area (Å²) in [5.74, 6) is 0. The highest BCUT2D eigenvalue weighted by Gasteiger charge is 2.23. The molecule has 0 bridgehead atoms. The number of hydrogen-bond donors (Lipinski definition) is 0. The minimum atomic E-state index is 0.733. The fraction of sp³-hybridized carbons (Fsp3) is 0.889. The van der Waals surface area contributed by atoms with E-state index < -0.39 is 0 Å². The highest BCUT2D eigenvalue weighted by molar-refractivity contribution is 5.49. The van der Waals surface area contributed by atoms with Crippen molar-refractivity contribution < 1.29 is 9.28 Å². The molecule has 0 unspecified atom stereocenters. The molecule has 0 N–H and O–H groups in total. The molecule has 0 atom stereocenters. The van der Waals surface area contributed by atoms with Crippen molar-refractivity contribution in [3.63, 3.8) is 0 Å². The monoisotopic (exact) mass is 156 g/mol. The molecule has 2 heteroatoms. The van der Waals surface area contributed by atoms with Crippen molar-refractivity contribution in [2.24, 2.45) is 0 Å². The molecule has 11 heavy (non-hydrogen) atoms. The fourth-order valence-corrected chi connectivity index (χ4v) is 1.86. The van der Waals surface area contributed by atoms with Crippen LogP contribution in [0.5, 0.6) is 0 Å². The second kappa shape index (κ2) is 3.86. The Labute approximate surface area is 68.8 Å². The average Bonchev–Trinajstić information content (AvgIpc) is 2.03. The predicted octanol–water partition coefficient (Wildman–Crippen LogP) is 1.21. The van der Waals surface area contributed by atoms with Crippen molar-refractivity contribution in [1.29, 1.82) is 0 Å². The summed E-state index contributed by atoms with van der Waals surface area (Å²) in [5.41, 5.74) is 0. The molecule has 1 aliphatic heterocycles. The van der Waals surface area contributed by atoms with Gasteiger partial charge in [-0.05, 0) is 19.3 Å². The van der Waals surface area contributed by atoms with E-state index in [0.29, 0.717) is 0 Å². The normalized spacial score (nSPS) is 23.0. The molecule has 0 aromatic carbocycles. The molecular formula is C9H18NO+. The van der Waals surface area contributed by atoms with Gasteiger partial charge in [0.1, 0.15) is 6.29 Å². The van der Waals surface area contributed by atoms with Gasteiger partial charge < -0.3 is 9.28 Å². The summed E-state index contributed by atoms with van der Waals surface area (Å²) in [7, 11) is 2.27. The maximum absolute atomic E-state index is 10.2. The molecule has 0 spiro atoms. The van der Waals surface area contributed by atoms with Gasteiger partial charge in [-0.15, -0.1) is 0 Å². The van der Waals surface area contributed by atoms with Gasteiger partial charge in [-0.1, -0.05) is 0 Å². The number of aldehydes is 1. The first-order chi connectivity index (χ1) is 5.27. The average molecular weight is 156 g/mol. The molecule has 0 aromatic rings. The van der Waals surface area contributed by atoms with Crippen molar-refractivity contribution >= 4 is 6.29 Å². The third-order valence-corrected chi connectivity index (χ3v) is 2.68. The number of likely N-dealkylation sites (tertiary alicyclic amines) is 1. The Morgan fingerprint density at radius 3 is 2.45 bits per heavy atom. The van der Waals surface area contributed by atoms with Crippen LogP contribution in [-0.4, -0.2) is 37.5 Å². The summed E-state index contributed by atoms with van der Waals surface area (Å²) in [5, 5.41) is 0. The van der Waals surface area contributed by atoms with Crippen LogP contribution in [0.1, 0.15) is 25.7 Å². The Hall–Kier alpha value is -0.370. The minimum absolute atomic E-state index is 0.733. The van der Waals surface area contributed by atoms with Gasteiger partial charge >= 0.3 is 0 Å². The maximum Gasteiger partial charge on any atom is 0.125 e. The number of hydrogen-bond acceptors (Lipinski definition) is 1. The fourth-order valence-electron chi connectivity index (χ4n) is 1.86. The van der Waals surface area contributed by atoms with Gasteiger partial charge in [0.2, 0.25) is 0 Å². The number of carbonyl (C=O) groups excluding carboxylic acids is 1. The van der Waals surface area contributed by atoms with Crippen LogP contribution in [0.25, 0.3) is 0 Å². The number of piperidine rings is 1. The summed E-state index contributed by atoms with van der Waals surface area (Å²) < 4.78 is 1.12. The zero-order valence-electron chi connectivity index (χ0n) is 7.38. The van der Waals surface area contributed by atoms with Crippen LogP contribution >= 0.6 is 0 Å². The Morgan fingerprint density at radius 1 is 1.27 bits per heavy atom. The van der Waals surface area contributed by atoms with Crippen LogP contribution in [0.3, 0.4) is 0 Å². The van der Waals surface area contributed by atoms with Crippen molar-refractivity contribution in [3.8, 4) is 0 Å². The van der Waals surface area contributed by atoms with Gasteiger partial charge in [0.15, 0.2) is 0 Å². The zero-order valence-corrected chi connectivity index (χ0v) is 7.38. The molecule has 0 saturated carbocycles. The van der Waals surface area contributed by atoms with E-state index in [9.17, 15) is 4.79 Å². The number of quaternary nitrogens is 1. The van der Waals surface area contributed by atoms with Gasteiger partial charge in [0.25, 0.3) is 0 Å². The van der Waals surface area contributed by atoms with Gasteiger partial charge in [0.05, 0.1) is 33.1 Å². The first-order valence-electron chi connectivity index (χ1n) is 4.54. The predicted molar refractivity (Wildman–Crippen MR) is 45.3 cm³/mol. The SMILES string of the molecule is C[N+]1(CCC=O)CCCCC1. The van der Waals surface area contributed by atoms with E-state index >= 15 is 0 Å². The molecule has 0 amide bonds. The minimum Gasteiger partial charge on any atom is -0.326 e. The van der Waals surface area contributed by atoms with E-state index in [0.717, 1.165) is 23.7 Å². The van der Waals surface area contributed by atoms with E-state index in [1.165, 1.54) is 32.4 Å². The maximum atomic E-state index is 10.2. The van der Waals surface area contributed by atoms with Crippen LogP contribution in [0.4, 0.5) is 0 Å². The van der Waals surface area contributed by atoms with Crippen molar-refractivity contribution in [1.82, 2.24) is 0 Å². The van der Waals surface area contributed by atoms with Crippen molar-refractivity contribution in [2.75, 3.05) is 26.7 Å². The highest BCUT2D eigenvalue weighted by Crippen LogP contribution is 2.15. The molecule has 1 saturated heterocycles. The summed E-state index contributed by atoms with van der Waals surface area (Å²) in [6.07, 6.45) is 5.84. The molecule has 1 heterocycles. The van der Waals surface area contributed by atoms with E-state index in [1.54, 1.807) is 0 Å². The van der Waals surface area contributed by atoms with Gasteiger partial charge in [-0.2, -0.15) is 0 Å². The molecular weight excluding hydrogens is 138 g/mol. The van der Waals surface area contributed by atoms with E-state index in [-0.39, 0.29) is 0 Å². The smallest absolute Gasteiger partial charge is 0.125 e. The molecule has 1 rings (SSSR count). The lowest BCUT2D eigenvalue weighted by molar-refractivity contribution is -0.913.